The highest BCUT2D eigenvalue weighted by Gasteiger charge is 2.40. The molecule has 7 nitrogen and oxygen atoms in total. The molecule has 0 bridgehead atoms. The Balaban J connectivity index is 2.77. The van der Waals surface area contributed by atoms with Crippen LogP contribution in [0.15, 0.2) is 0 Å². The molecule has 1 saturated heterocycles. The molecule has 0 aromatic rings. The summed E-state index contributed by atoms with van der Waals surface area (Å²) in [6, 6.07) is -0.297. The third-order valence-electron chi connectivity index (χ3n) is 3.88. The van der Waals surface area contributed by atoms with Crippen molar-refractivity contribution in [3.05, 3.63) is 0 Å². The van der Waals surface area contributed by atoms with Crippen molar-refractivity contribution in [1.29, 1.82) is 0 Å². The number of carboxylic acids is 1. The SMILES string of the molecule is CCCCN(CC(N)=O)C(=O)N1CCCC(C)(C(=O)O)C1. The standard InChI is InChI=1S/C14H25N3O4/c1-3-4-7-16(9-11(15)18)13(21)17-8-5-6-14(2,10-17)12(19)20/h3-10H2,1-2H3,(H2,15,18)(H,19,20). The second-order valence-corrected chi connectivity index (χ2v) is 5.91. The molecule has 0 aromatic heterocycles. The molecule has 0 radical (unpaired) electrons. The van der Waals surface area contributed by atoms with Crippen molar-refractivity contribution in [2.24, 2.45) is 11.1 Å². The minimum absolute atomic E-state index is 0.126. The number of rotatable bonds is 6. The van der Waals surface area contributed by atoms with E-state index in [0.29, 0.717) is 25.9 Å². The van der Waals surface area contributed by atoms with E-state index in [1.54, 1.807) is 6.92 Å². The van der Waals surface area contributed by atoms with Crippen LogP contribution in [0.1, 0.15) is 39.5 Å². The van der Waals surface area contributed by atoms with Crippen LogP contribution in [0.5, 0.6) is 0 Å². The van der Waals surface area contributed by atoms with Gasteiger partial charge in [0.1, 0.15) is 6.54 Å². The molecule has 1 unspecified atom stereocenters. The maximum Gasteiger partial charge on any atom is 0.320 e. The number of hydrogen-bond donors (Lipinski definition) is 2. The Morgan fingerprint density at radius 1 is 1.38 bits per heavy atom. The maximum absolute atomic E-state index is 12.5. The number of nitrogens with two attached hydrogens (primary N) is 1. The fourth-order valence-electron chi connectivity index (χ4n) is 2.56. The predicted molar refractivity (Wildman–Crippen MR) is 77.6 cm³/mol. The van der Waals surface area contributed by atoms with Crippen LogP contribution < -0.4 is 5.73 Å². The number of aliphatic carboxylic acids is 1. The topological polar surface area (TPSA) is 104 Å². The number of amides is 3. The molecule has 7 heteroatoms. The van der Waals surface area contributed by atoms with Gasteiger partial charge in [-0.3, -0.25) is 9.59 Å². The summed E-state index contributed by atoms with van der Waals surface area (Å²) < 4.78 is 0. The van der Waals surface area contributed by atoms with Crippen LogP contribution in [0.4, 0.5) is 4.79 Å². The lowest BCUT2D eigenvalue weighted by molar-refractivity contribution is -0.150. The van der Waals surface area contributed by atoms with Crippen LogP contribution in [-0.2, 0) is 9.59 Å². The predicted octanol–water partition coefficient (Wildman–Crippen LogP) is 0.881. The summed E-state index contributed by atoms with van der Waals surface area (Å²) in [5.41, 5.74) is 4.27. The van der Waals surface area contributed by atoms with Gasteiger partial charge in [-0.05, 0) is 26.2 Å². The van der Waals surface area contributed by atoms with Crippen molar-refractivity contribution in [2.75, 3.05) is 26.2 Å². The Labute approximate surface area is 125 Å². The zero-order valence-electron chi connectivity index (χ0n) is 12.8. The minimum atomic E-state index is -0.920. The maximum atomic E-state index is 12.5. The van der Waals surface area contributed by atoms with Crippen LogP contribution >= 0.6 is 0 Å². The van der Waals surface area contributed by atoms with Gasteiger partial charge in [-0.25, -0.2) is 4.79 Å². The number of urea groups is 1. The fraction of sp³-hybridized carbons (Fsp3) is 0.786. The van der Waals surface area contributed by atoms with Gasteiger partial charge in [-0.1, -0.05) is 13.3 Å². The summed E-state index contributed by atoms with van der Waals surface area (Å²) in [7, 11) is 0. The fourth-order valence-corrected chi connectivity index (χ4v) is 2.56. The Hall–Kier alpha value is -1.79. The average molecular weight is 299 g/mol. The first-order valence-electron chi connectivity index (χ1n) is 7.35. The number of carboxylic acid groups (broad SMARTS) is 1. The molecule has 1 atom stereocenters. The second-order valence-electron chi connectivity index (χ2n) is 5.91. The smallest absolute Gasteiger partial charge is 0.320 e. The Bertz CT molecular complexity index is 413. The van der Waals surface area contributed by atoms with Crippen molar-refractivity contribution in [3.63, 3.8) is 0 Å². The number of piperidine rings is 1. The highest BCUT2D eigenvalue weighted by atomic mass is 16.4. The van der Waals surface area contributed by atoms with Gasteiger partial charge in [0.2, 0.25) is 5.91 Å². The van der Waals surface area contributed by atoms with Gasteiger partial charge in [0.25, 0.3) is 0 Å². The summed E-state index contributed by atoms with van der Waals surface area (Å²) in [5.74, 6) is -1.45. The van der Waals surface area contributed by atoms with Gasteiger partial charge in [-0.15, -0.1) is 0 Å². The quantitative estimate of drug-likeness (QED) is 0.759. The zero-order valence-corrected chi connectivity index (χ0v) is 12.8. The summed E-state index contributed by atoms with van der Waals surface area (Å²) in [6.45, 7) is 4.66. The lowest BCUT2D eigenvalue weighted by Gasteiger charge is -2.39. The van der Waals surface area contributed by atoms with Gasteiger partial charge in [0.05, 0.1) is 5.41 Å². The number of carbonyl (C=O) groups is 3. The van der Waals surface area contributed by atoms with E-state index >= 15 is 0 Å². The van der Waals surface area contributed by atoms with E-state index in [4.69, 9.17) is 5.73 Å². The van der Waals surface area contributed by atoms with Gasteiger partial charge in [-0.2, -0.15) is 0 Å². The summed E-state index contributed by atoms with van der Waals surface area (Å²) in [6.07, 6.45) is 2.88. The van der Waals surface area contributed by atoms with Crippen LogP contribution in [0, 0.1) is 5.41 Å². The van der Waals surface area contributed by atoms with Gasteiger partial charge in [0, 0.05) is 19.6 Å². The van der Waals surface area contributed by atoms with Crippen LogP contribution in [-0.4, -0.2) is 59.0 Å². The molecular formula is C14H25N3O4. The van der Waals surface area contributed by atoms with Crippen molar-refractivity contribution >= 4 is 17.9 Å². The first kappa shape index (κ1) is 17.3. The highest BCUT2D eigenvalue weighted by molar-refractivity contribution is 5.83. The molecule has 3 N–H and O–H groups in total. The van der Waals surface area contributed by atoms with Crippen LogP contribution in [0.25, 0.3) is 0 Å². The molecule has 21 heavy (non-hydrogen) atoms. The number of primary amides is 1. The molecule has 0 aromatic carbocycles. The molecule has 0 spiro atoms. The normalized spacial score (nSPS) is 21.9. The average Bonchev–Trinajstić information content (AvgIpc) is 2.42. The van der Waals surface area contributed by atoms with Crippen molar-refractivity contribution in [2.45, 2.75) is 39.5 Å². The first-order valence-corrected chi connectivity index (χ1v) is 7.35. The van der Waals surface area contributed by atoms with Gasteiger partial charge in [0.15, 0.2) is 0 Å². The minimum Gasteiger partial charge on any atom is -0.481 e. The van der Waals surface area contributed by atoms with E-state index in [9.17, 15) is 19.5 Å². The van der Waals surface area contributed by atoms with E-state index in [2.05, 4.69) is 0 Å². The van der Waals surface area contributed by atoms with E-state index in [0.717, 1.165) is 12.8 Å². The summed E-state index contributed by atoms with van der Waals surface area (Å²) >= 11 is 0. The molecule has 1 heterocycles. The zero-order chi connectivity index (χ0) is 16.0. The molecule has 1 fully saturated rings. The van der Waals surface area contributed by atoms with Crippen molar-refractivity contribution < 1.29 is 19.5 Å². The first-order chi connectivity index (χ1) is 9.80. The van der Waals surface area contributed by atoms with E-state index in [1.807, 2.05) is 6.92 Å². The molecule has 1 aliphatic heterocycles. The lowest BCUT2D eigenvalue weighted by Crippen LogP contribution is -2.53. The number of carbonyl (C=O) groups excluding carboxylic acids is 2. The van der Waals surface area contributed by atoms with Crippen LogP contribution in [0.3, 0.4) is 0 Å². The molecule has 1 rings (SSSR count). The largest absolute Gasteiger partial charge is 0.481 e. The third-order valence-corrected chi connectivity index (χ3v) is 3.88. The third kappa shape index (κ3) is 4.61. The number of nitrogens with zero attached hydrogens (tertiary/aromatic N) is 2. The molecule has 0 saturated carbocycles. The summed E-state index contributed by atoms with van der Waals surface area (Å²) in [5, 5.41) is 9.30. The Morgan fingerprint density at radius 2 is 2.05 bits per heavy atom. The Kier molecular flexibility index (Phi) is 5.99. The lowest BCUT2D eigenvalue weighted by atomic mass is 9.82. The van der Waals surface area contributed by atoms with E-state index in [1.165, 1.54) is 9.80 Å². The van der Waals surface area contributed by atoms with E-state index < -0.39 is 17.3 Å². The summed E-state index contributed by atoms with van der Waals surface area (Å²) in [4.78, 5) is 37.9. The van der Waals surface area contributed by atoms with Gasteiger partial charge >= 0.3 is 12.0 Å². The van der Waals surface area contributed by atoms with Gasteiger partial charge < -0.3 is 20.6 Å². The highest BCUT2D eigenvalue weighted by Crippen LogP contribution is 2.30. The van der Waals surface area contributed by atoms with Crippen molar-refractivity contribution in [1.82, 2.24) is 9.80 Å². The molecule has 3 amide bonds. The number of likely N-dealkylation sites (tertiary alicyclic amines) is 1. The molecule has 120 valence electrons. The van der Waals surface area contributed by atoms with Crippen LogP contribution in [0.2, 0.25) is 0 Å². The number of hydrogen-bond acceptors (Lipinski definition) is 3. The van der Waals surface area contributed by atoms with E-state index in [-0.39, 0.29) is 19.1 Å². The molecule has 1 aliphatic rings. The number of unbranched alkanes of at least 4 members (excludes halogenated alkanes) is 1. The second kappa shape index (κ2) is 7.28. The molecular weight excluding hydrogens is 274 g/mol. The van der Waals surface area contributed by atoms with Crippen molar-refractivity contribution in [3.8, 4) is 0 Å². The monoisotopic (exact) mass is 299 g/mol. The Morgan fingerprint density at radius 3 is 2.57 bits per heavy atom. The molecule has 0 aliphatic carbocycles.